The third-order valence-electron chi connectivity index (χ3n) is 11.9. The van der Waals surface area contributed by atoms with Gasteiger partial charge in [-0.15, -0.1) is 0 Å². The average molecular weight is 750 g/mol. The van der Waals surface area contributed by atoms with E-state index in [0.717, 1.165) is 60.7 Å². The van der Waals surface area contributed by atoms with Gasteiger partial charge in [0, 0.05) is 20.3 Å². The van der Waals surface area contributed by atoms with Crippen molar-refractivity contribution in [2.24, 2.45) is 0 Å². The normalized spacial score (nSPS) is 13.8. The van der Waals surface area contributed by atoms with E-state index in [4.69, 9.17) is 13.5 Å². The lowest BCUT2D eigenvalue weighted by molar-refractivity contribution is 0.569. The summed E-state index contributed by atoms with van der Waals surface area (Å²) in [6, 6.07) is 40.6. The van der Waals surface area contributed by atoms with Gasteiger partial charge in [-0.25, -0.2) is 4.98 Å². The summed E-state index contributed by atoms with van der Waals surface area (Å²) in [7, 11) is 0. The molecule has 7 aromatic carbocycles. The number of imidazole rings is 1. The van der Waals surface area contributed by atoms with Crippen LogP contribution in [-0.2, 0) is 10.8 Å². The number of hydrogen-bond acceptors (Lipinski definition) is 2. The minimum Gasteiger partial charge on any atom is -0.455 e. The second kappa shape index (κ2) is 13.2. The molecule has 57 heavy (non-hydrogen) atoms. The molecule has 2 aromatic heterocycles. The third-order valence-corrected chi connectivity index (χ3v) is 11.9. The Hall–Kier alpha value is -5.67. The SMILES string of the molecule is [2H]C([2H])([2H])c1cccc2nc(-c3cccc4c3oc3c4ccc4c5ccccc5ccc43)n(-c3c(C(C)C)cc(-c4cc(C(C)(C)C)cc(C(C)(C)C)c4)cc3C(C)C)c12. The lowest BCUT2D eigenvalue weighted by Crippen LogP contribution is -2.16. The highest BCUT2D eigenvalue weighted by molar-refractivity contribution is 6.21. The summed E-state index contributed by atoms with van der Waals surface area (Å²) in [5.41, 5.74) is 12.0. The molecule has 286 valence electrons. The predicted octanol–water partition coefficient (Wildman–Crippen LogP) is 15.7. The first-order chi connectivity index (χ1) is 28.3. The van der Waals surface area contributed by atoms with Crippen LogP contribution in [0, 0.1) is 6.85 Å². The number of para-hydroxylation sites is 2. The summed E-state index contributed by atoms with van der Waals surface area (Å²) in [5.74, 6) is 0.847. The molecule has 9 rings (SSSR count). The smallest absolute Gasteiger partial charge is 0.149 e. The van der Waals surface area contributed by atoms with Crippen molar-refractivity contribution in [1.29, 1.82) is 0 Å². The molecular formula is C54H54N2O. The summed E-state index contributed by atoms with van der Waals surface area (Å²) < 4.78 is 35.6. The van der Waals surface area contributed by atoms with E-state index in [0.29, 0.717) is 16.9 Å². The molecule has 2 heterocycles. The zero-order valence-corrected chi connectivity index (χ0v) is 34.9. The predicted molar refractivity (Wildman–Crippen MR) is 245 cm³/mol. The average Bonchev–Trinajstić information content (AvgIpc) is 3.78. The molecule has 9 aromatic rings. The summed E-state index contributed by atoms with van der Waals surface area (Å²) in [6.07, 6.45) is 0. The largest absolute Gasteiger partial charge is 0.455 e. The summed E-state index contributed by atoms with van der Waals surface area (Å²) in [6.45, 7) is 20.2. The zero-order chi connectivity index (χ0) is 42.6. The lowest BCUT2D eigenvalue weighted by atomic mass is 9.78. The number of nitrogens with zero attached hydrogens (tertiary/aromatic N) is 2. The molecule has 0 unspecified atom stereocenters. The van der Waals surface area contributed by atoms with E-state index in [-0.39, 0.29) is 28.2 Å². The van der Waals surface area contributed by atoms with Gasteiger partial charge in [-0.05, 0) is 121 Å². The third kappa shape index (κ3) is 6.06. The fraction of sp³-hybridized carbons (Fsp3) is 0.278. The van der Waals surface area contributed by atoms with Gasteiger partial charge in [-0.2, -0.15) is 0 Å². The van der Waals surface area contributed by atoms with Crippen LogP contribution in [0.15, 0.2) is 120 Å². The van der Waals surface area contributed by atoms with Gasteiger partial charge in [-0.1, -0.05) is 148 Å². The van der Waals surface area contributed by atoms with Crippen LogP contribution in [0.1, 0.15) is 113 Å². The van der Waals surface area contributed by atoms with Gasteiger partial charge >= 0.3 is 0 Å². The number of furan rings is 1. The molecule has 0 aliphatic carbocycles. The van der Waals surface area contributed by atoms with Crippen molar-refractivity contribution in [1.82, 2.24) is 9.55 Å². The highest BCUT2D eigenvalue weighted by Crippen LogP contribution is 2.45. The Labute approximate surface area is 341 Å². The first kappa shape index (κ1) is 33.5. The van der Waals surface area contributed by atoms with Crippen LogP contribution in [0.5, 0.6) is 0 Å². The summed E-state index contributed by atoms with van der Waals surface area (Å²) in [4.78, 5) is 5.37. The molecule has 3 nitrogen and oxygen atoms in total. The monoisotopic (exact) mass is 749 g/mol. The molecule has 0 fully saturated rings. The van der Waals surface area contributed by atoms with Gasteiger partial charge < -0.3 is 4.42 Å². The molecule has 0 spiro atoms. The van der Waals surface area contributed by atoms with Crippen LogP contribution in [0.2, 0.25) is 0 Å². The van der Waals surface area contributed by atoms with Gasteiger partial charge in [-0.3, -0.25) is 4.57 Å². The molecular weight excluding hydrogens is 693 g/mol. The van der Waals surface area contributed by atoms with Crippen molar-refractivity contribution < 1.29 is 8.53 Å². The van der Waals surface area contributed by atoms with E-state index in [1.165, 1.54) is 27.5 Å². The zero-order valence-electron chi connectivity index (χ0n) is 37.9. The van der Waals surface area contributed by atoms with Crippen molar-refractivity contribution in [3.05, 3.63) is 143 Å². The Bertz CT molecular complexity index is 3100. The first-order valence-electron chi connectivity index (χ1n) is 21.9. The number of rotatable bonds is 5. The summed E-state index contributed by atoms with van der Waals surface area (Å²) >= 11 is 0. The van der Waals surface area contributed by atoms with E-state index in [1.807, 2.05) is 12.1 Å². The number of benzene rings is 7. The van der Waals surface area contributed by atoms with Crippen LogP contribution in [0.3, 0.4) is 0 Å². The quantitative estimate of drug-likeness (QED) is 0.164. The standard InChI is InChI=1S/C54H54N2O/c1-31(2)45-28-36(35-26-37(53(6,7)8)30-38(27-35)54(9,10)11)29-46(32(3)4)49(45)56-48-33(5)16-14-21-47(48)55-52(56)44-20-15-19-41-43-25-24-40-39-18-13-12-17-34(39)22-23-42(40)50(43)57-51(41)44/h12-32H,1-11H3/i5D3. The number of aromatic nitrogens is 2. The van der Waals surface area contributed by atoms with Gasteiger partial charge in [0.15, 0.2) is 0 Å². The van der Waals surface area contributed by atoms with E-state index in [9.17, 15) is 0 Å². The van der Waals surface area contributed by atoms with Crippen molar-refractivity contribution in [2.45, 2.75) is 98.8 Å². The van der Waals surface area contributed by atoms with Crippen molar-refractivity contribution in [3.8, 4) is 28.2 Å². The van der Waals surface area contributed by atoms with E-state index < -0.39 is 6.85 Å². The molecule has 0 aliphatic rings. The maximum absolute atomic E-state index is 8.80. The van der Waals surface area contributed by atoms with E-state index in [1.54, 1.807) is 6.07 Å². The minimum absolute atomic E-state index is 0.0360. The Morgan fingerprint density at radius 3 is 1.82 bits per heavy atom. The van der Waals surface area contributed by atoms with Crippen LogP contribution in [-0.4, -0.2) is 9.55 Å². The fourth-order valence-electron chi connectivity index (χ4n) is 8.69. The fourth-order valence-corrected chi connectivity index (χ4v) is 8.69. The van der Waals surface area contributed by atoms with Gasteiger partial charge in [0.05, 0.1) is 22.3 Å². The van der Waals surface area contributed by atoms with Crippen molar-refractivity contribution in [2.75, 3.05) is 0 Å². The Kier molecular flexibility index (Phi) is 7.75. The number of hydrogen-bond donors (Lipinski definition) is 0. The highest BCUT2D eigenvalue weighted by Gasteiger charge is 2.28. The van der Waals surface area contributed by atoms with Crippen LogP contribution < -0.4 is 0 Å². The first-order valence-corrected chi connectivity index (χ1v) is 20.4. The molecule has 0 radical (unpaired) electrons. The van der Waals surface area contributed by atoms with Crippen molar-refractivity contribution >= 4 is 54.5 Å². The minimum atomic E-state index is -2.38. The van der Waals surface area contributed by atoms with Crippen LogP contribution >= 0.6 is 0 Å². The molecule has 0 saturated carbocycles. The van der Waals surface area contributed by atoms with Gasteiger partial charge in [0.25, 0.3) is 0 Å². The maximum Gasteiger partial charge on any atom is 0.149 e. The molecule has 0 amide bonds. The van der Waals surface area contributed by atoms with Gasteiger partial charge in [0.2, 0.25) is 0 Å². The molecule has 0 atom stereocenters. The van der Waals surface area contributed by atoms with E-state index >= 15 is 0 Å². The van der Waals surface area contributed by atoms with E-state index in [2.05, 4.69) is 171 Å². The second-order valence-corrected chi connectivity index (χ2v) is 18.7. The van der Waals surface area contributed by atoms with Crippen LogP contribution in [0.25, 0.3) is 82.7 Å². The van der Waals surface area contributed by atoms with Crippen LogP contribution in [0.4, 0.5) is 0 Å². The Balaban J connectivity index is 1.38. The summed E-state index contributed by atoms with van der Waals surface area (Å²) in [5, 5.41) is 6.58. The van der Waals surface area contributed by atoms with Crippen molar-refractivity contribution in [3.63, 3.8) is 0 Å². The molecule has 3 heteroatoms. The second-order valence-electron chi connectivity index (χ2n) is 18.7. The lowest BCUT2D eigenvalue weighted by Gasteiger charge is -2.28. The number of aryl methyl sites for hydroxylation is 1. The maximum atomic E-state index is 8.80. The number of fused-ring (bicyclic) bond motifs is 8. The molecule has 0 aliphatic heterocycles. The molecule has 0 N–H and O–H groups in total. The van der Waals surface area contributed by atoms with Gasteiger partial charge in [0.1, 0.15) is 17.0 Å². The Morgan fingerprint density at radius 2 is 1.16 bits per heavy atom. The molecule has 0 saturated heterocycles. The topological polar surface area (TPSA) is 31.0 Å². The Morgan fingerprint density at radius 1 is 0.579 bits per heavy atom. The highest BCUT2D eigenvalue weighted by atomic mass is 16.3. The molecule has 0 bridgehead atoms.